The zero-order valence-corrected chi connectivity index (χ0v) is 16.2. The minimum absolute atomic E-state index is 0.0238. The topological polar surface area (TPSA) is 40.9 Å². The summed E-state index contributed by atoms with van der Waals surface area (Å²) in [6.45, 7) is 5.07. The molecule has 1 aromatic carbocycles. The Morgan fingerprint density at radius 3 is 2.78 bits per heavy atom. The van der Waals surface area contributed by atoms with E-state index in [9.17, 15) is 4.79 Å². The highest BCUT2D eigenvalue weighted by molar-refractivity contribution is 7.15. The fourth-order valence-corrected chi connectivity index (χ4v) is 5.21. The monoisotopic (exact) mass is 380 g/mol. The molecule has 2 aliphatic rings. The van der Waals surface area contributed by atoms with Crippen molar-refractivity contribution in [1.82, 2.24) is 19.2 Å². The van der Waals surface area contributed by atoms with Crippen LogP contribution in [0.5, 0.6) is 0 Å². The maximum Gasteiger partial charge on any atom is 0.258 e. The number of thiazole rings is 1. The molecule has 0 N–H and O–H groups in total. The summed E-state index contributed by atoms with van der Waals surface area (Å²) in [5.74, 6) is 0. The van der Waals surface area contributed by atoms with Crippen LogP contribution in [0.2, 0.25) is 0 Å². The van der Waals surface area contributed by atoms with Crippen LogP contribution in [-0.2, 0) is 19.4 Å². The maximum atomic E-state index is 12.2. The highest BCUT2D eigenvalue weighted by atomic mass is 32.1. The highest BCUT2D eigenvalue weighted by Gasteiger charge is 2.27. The van der Waals surface area contributed by atoms with Gasteiger partial charge in [0.1, 0.15) is 0 Å². The molecule has 5 nitrogen and oxygen atoms in total. The molecular formula is C21H24N4OS. The van der Waals surface area contributed by atoms with Gasteiger partial charge in [-0.25, -0.2) is 4.98 Å². The fraction of sp³-hybridized carbons (Fsp3) is 0.429. The van der Waals surface area contributed by atoms with Gasteiger partial charge in [-0.2, -0.15) is 0 Å². The molecule has 0 spiro atoms. The summed E-state index contributed by atoms with van der Waals surface area (Å²) in [6.07, 6.45) is 5.45. The van der Waals surface area contributed by atoms with Gasteiger partial charge in [0.25, 0.3) is 5.56 Å². The lowest BCUT2D eigenvalue weighted by atomic mass is 9.87. The molecule has 0 bridgehead atoms. The number of hydrogen-bond donors (Lipinski definition) is 0. The maximum absolute atomic E-state index is 12.2. The molecule has 0 amide bonds. The fourth-order valence-electron chi connectivity index (χ4n) is 4.47. The molecule has 1 fully saturated rings. The van der Waals surface area contributed by atoms with E-state index in [0.29, 0.717) is 6.04 Å². The van der Waals surface area contributed by atoms with E-state index in [1.807, 2.05) is 5.38 Å². The number of aryl methyl sites for hydroxylation is 1. The number of piperazine rings is 1. The Hall–Kier alpha value is -2.02. The molecule has 0 saturated carbocycles. The van der Waals surface area contributed by atoms with Gasteiger partial charge in [0.15, 0.2) is 4.96 Å². The van der Waals surface area contributed by atoms with Crippen LogP contribution in [0.3, 0.4) is 0 Å². The number of aromatic nitrogens is 2. The van der Waals surface area contributed by atoms with Crippen LogP contribution in [0, 0.1) is 0 Å². The van der Waals surface area contributed by atoms with Crippen molar-refractivity contribution in [3.8, 4) is 0 Å². The predicted molar refractivity (Wildman–Crippen MR) is 108 cm³/mol. The third-order valence-electron chi connectivity index (χ3n) is 5.99. The molecule has 1 atom stereocenters. The zero-order chi connectivity index (χ0) is 18.2. The van der Waals surface area contributed by atoms with Crippen LogP contribution in [0.25, 0.3) is 4.96 Å². The molecule has 1 aliphatic heterocycles. The van der Waals surface area contributed by atoms with Gasteiger partial charge in [0.05, 0.1) is 5.69 Å². The Bertz CT molecular complexity index is 1000. The molecular weight excluding hydrogens is 356 g/mol. The summed E-state index contributed by atoms with van der Waals surface area (Å²) in [7, 11) is 0. The SMILES string of the molecule is O=c1cc(CN2CCN([C@@H]3CCc4ccccc4C3)CC2)nc2sccn12. The summed E-state index contributed by atoms with van der Waals surface area (Å²) < 4.78 is 1.62. The standard InChI is InChI=1S/C21H24N4OS/c26-20-14-18(22-21-25(20)11-12-27-21)15-23-7-9-24(10-8-23)19-6-5-16-3-1-2-4-17(16)13-19/h1-4,11-12,14,19H,5-10,13,15H2/t19-/m1/s1. The Balaban J connectivity index is 1.21. The van der Waals surface area contributed by atoms with Gasteiger partial charge in [-0.1, -0.05) is 24.3 Å². The van der Waals surface area contributed by atoms with E-state index in [1.54, 1.807) is 16.7 Å². The van der Waals surface area contributed by atoms with Crippen molar-refractivity contribution in [3.05, 3.63) is 69.1 Å². The Labute approximate surface area is 162 Å². The number of benzene rings is 1. The molecule has 3 aromatic rings. The van der Waals surface area contributed by atoms with Gasteiger partial charge < -0.3 is 0 Å². The number of nitrogens with zero attached hydrogens (tertiary/aromatic N) is 4. The Morgan fingerprint density at radius 1 is 1.11 bits per heavy atom. The van der Waals surface area contributed by atoms with Crippen LogP contribution < -0.4 is 5.56 Å². The quantitative estimate of drug-likeness (QED) is 0.700. The third kappa shape index (κ3) is 3.45. The largest absolute Gasteiger partial charge is 0.298 e. The van der Waals surface area contributed by atoms with E-state index in [4.69, 9.17) is 0 Å². The van der Waals surface area contributed by atoms with E-state index in [1.165, 1.54) is 41.7 Å². The van der Waals surface area contributed by atoms with Crippen molar-refractivity contribution in [2.45, 2.75) is 31.8 Å². The van der Waals surface area contributed by atoms with Crippen LogP contribution in [0.4, 0.5) is 0 Å². The molecule has 2 aromatic heterocycles. The van der Waals surface area contributed by atoms with E-state index in [-0.39, 0.29) is 5.56 Å². The van der Waals surface area contributed by atoms with Crippen molar-refractivity contribution >= 4 is 16.3 Å². The van der Waals surface area contributed by atoms with Gasteiger partial charge in [0, 0.05) is 56.4 Å². The number of rotatable bonds is 3. The van der Waals surface area contributed by atoms with Crippen LogP contribution in [-0.4, -0.2) is 51.4 Å². The first kappa shape index (κ1) is 17.1. The molecule has 0 unspecified atom stereocenters. The molecule has 3 heterocycles. The average Bonchev–Trinajstić information content (AvgIpc) is 3.17. The minimum atomic E-state index is 0.0238. The van der Waals surface area contributed by atoms with Crippen molar-refractivity contribution < 1.29 is 0 Å². The Morgan fingerprint density at radius 2 is 1.93 bits per heavy atom. The number of fused-ring (bicyclic) bond motifs is 2. The average molecular weight is 381 g/mol. The molecule has 1 saturated heterocycles. The van der Waals surface area contributed by atoms with Crippen LogP contribution >= 0.6 is 11.3 Å². The van der Waals surface area contributed by atoms with Gasteiger partial charge in [-0.15, -0.1) is 11.3 Å². The molecule has 1 aliphatic carbocycles. The third-order valence-corrected chi connectivity index (χ3v) is 6.74. The lowest BCUT2D eigenvalue weighted by molar-refractivity contribution is 0.0850. The molecule has 140 valence electrons. The summed E-state index contributed by atoms with van der Waals surface area (Å²) in [6, 6.07) is 11.3. The normalized spacial score (nSPS) is 21.4. The van der Waals surface area contributed by atoms with E-state index in [2.05, 4.69) is 39.0 Å². The summed E-state index contributed by atoms with van der Waals surface area (Å²) in [4.78, 5) is 22.7. The van der Waals surface area contributed by atoms with Gasteiger partial charge in [-0.05, 0) is 30.4 Å². The van der Waals surface area contributed by atoms with Crippen molar-refractivity contribution in [3.63, 3.8) is 0 Å². The van der Waals surface area contributed by atoms with Crippen molar-refractivity contribution in [2.75, 3.05) is 26.2 Å². The molecule has 5 rings (SSSR count). The molecule has 27 heavy (non-hydrogen) atoms. The summed E-state index contributed by atoms with van der Waals surface area (Å²) in [5, 5.41) is 1.91. The van der Waals surface area contributed by atoms with Gasteiger partial charge in [-0.3, -0.25) is 19.0 Å². The van der Waals surface area contributed by atoms with Gasteiger partial charge >= 0.3 is 0 Å². The first-order valence-corrected chi connectivity index (χ1v) is 10.6. The van der Waals surface area contributed by atoms with Crippen LogP contribution in [0.15, 0.2) is 46.7 Å². The predicted octanol–water partition coefficient (Wildman–Crippen LogP) is 2.43. The zero-order valence-electron chi connectivity index (χ0n) is 15.4. The van der Waals surface area contributed by atoms with Gasteiger partial charge in [0.2, 0.25) is 0 Å². The Kier molecular flexibility index (Phi) is 4.55. The lowest BCUT2D eigenvalue weighted by Crippen LogP contribution is -2.51. The first-order chi connectivity index (χ1) is 13.3. The molecule has 0 radical (unpaired) electrons. The minimum Gasteiger partial charge on any atom is -0.298 e. The second kappa shape index (κ2) is 7.19. The lowest BCUT2D eigenvalue weighted by Gasteiger charge is -2.41. The smallest absolute Gasteiger partial charge is 0.258 e. The summed E-state index contributed by atoms with van der Waals surface area (Å²) in [5.41, 5.74) is 3.98. The molecule has 6 heteroatoms. The highest BCUT2D eigenvalue weighted by Crippen LogP contribution is 2.25. The van der Waals surface area contributed by atoms with Crippen molar-refractivity contribution in [2.24, 2.45) is 0 Å². The van der Waals surface area contributed by atoms with Crippen molar-refractivity contribution in [1.29, 1.82) is 0 Å². The summed E-state index contributed by atoms with van der Waals surface area (Å²) >= 11 is 1.52. The van der Waals surface area contributed by atoms with E-state index in [0.717, 1.165) is 43.4 Å². The second-order valence-electron chi connectivity index (χ2n) is 7.62. The first-order valence-electron chi connectivity index (χ1n) is 9.75. The van der Waals surface area contributed by atoms with Crippen LogP contribution in [0.1, 0.15) is 23.2 Å². The second-order valence-corrected chi connectivity index (χ2v) is 8.49. The number of hydrogen-bond acceptors (Lipinski definition) is 5. The van der Waals surface area contributed by atoms with E-state index < -0.39 is 0 Å². The van der Waals surface area contributed by atoms with E-state index >= 15 is 0 Å².